The van der Waals surface area contributed by atoms with Crippen LogP contribution in [0, 0.1) is 5.41 Å². The van der Waals surface area contributed by atoms with Gasteiger partial charge < -0.3 is 19.5 Å². The molecule has 0 radical (unpaired) electrons. The second-order valence-electron chi connectivity index (χ2n) is 5.72. The molecule has 2 atom stereocenters. The van der Waals surface area contributed by atoms with E-state index in [1.165, 1.54) is 0 Å². The molecule has 0 aromatic carbocycles. The first-order valence-corrected chi connectivity index (χ1v) is 7.16. The molecule has 0 aromatic heterocycles. The summed E-state index contributed by atoms with van der Waals surface area (Å²) in [6.07, 6.45) is 2.18. The summed E-state index contributed by atoms with van der Waals surface area (Å²) in [7, 11) is 1.60. The van der Waals surface area contributed by atoms with Crippen molar-refractivity contribution in [1.29, 1.82) is 0 Å². The van der Waals surface area contributed by atoms with Crippen LogP contribution in [0.2, 0.25) is 0 Å². The average Bonchev–Trinajstić information content (AvgIpc) is 3.10. The van der Waals surface area contributed by atoms with Crippen LogP contribution in [0.1, 0.15) is 32.6 Å². The van der Waals surface area contributed by atoms with Crippen molar-refractivity contribution in [3.05, 3.63) is 0 Å². The van der Waals surface area contributed by atoms with E-state index >= 15 is 0 Å². The summed E-state index contributed by atoms with van der Waals surface area (Å²) >= 11 is 0. The van der Waals surface area contributed by atoms with Crippen molar-refractivity contribution in [2.75, 3.05) is 26.9 Å². The molecular formula is C14H23NO5. The molecule has 6 heteroatoms. The third-order valence-electron chi connectivity index (χ3n) is 4.27. The van der Waals surface area contributed by atoms with Gasteiger partial charge in [0.25, 0.3) is 0 Å². The SMILES string of the molecule is CCOCC1(C(=O)N2CC(OC)CC2CC(=O)O)CC1. The Labute approximate surface area is 119 Å². The average molecular weight is 285 g/mol. The molecule has 0 aromatic rings. The molecule has 2 unspecified atom stereocenters. The van der Waals surface area contributed by atoms with Crippen LogP contribution in [0.3, 0.4) is 0 Å². The minimum Gasteiger partial charge on any atom is -0.481 e. The summed E-state index contributed by atoms with van der Waals surface area (Å²) < 4.78 is 10.7. The van der Waals surface area contributed by atoms with E-state index in [0.717, 1.165) is 12.8 Å². The number of carbonyl (C=O) groups is 2. The Morgan fingerprint density at radius 1 is 1.40 bits per heavy atom. The maximum atomic E-state index is 12.7. The molecule has 2 fully saturated rings. The van der Waals surface area contributed by atoms with Gasteiger partial charge >= 0.3 is 5.97 Å². The Balaban J connectivity index is 2.04. The first-order chi connectivity index (χ1) is 9.52. The molecule has 2 rings (SSSR count). The van der Waals surface area contributed by atoms with Gasteiger partial charge in [-0.1, -0.05) is 0 Å². The normalized spacial score (nSPS) is 27.6. The lowest BCUT2D eigenvalue weighted by atomic mass is 10.0. The van der Waals surface area contributed by atoms with E-state index in [0.29, 0.717) is 26.2 Å². The fourth-order valence-electron chi connectivity index (χ4n) is 2.86. The van der Waals surface area contributed by atoms with Gasteiger partial charge in [-0.3, -0.25) is 9.59 Å². The van der Waals surface area contributed by atoms with Crippen LogP contribution in [-0.2, 0) is 19.1 Å². The van der Waals surface area contributed by atoms with Crippen LogP contribution in [0.15, 0.2) is 0 Å². The van der Waals surface area contributed by atoms with Gasteiger partial charge in [-0.2, -0.15) is 0 Å². The number of carboxylic acids is 1. The second-order valence-corrected chi connectivity index (χ2v) is 5.72. The van der Waals surface area contributed by atoms with E-state index in [9.17, 15) is 9.59 Å². The second kappa shape index (κ2) is 6.10. The number of amides is 1. The van der Waals surface area contributed by atoms with Gasteiger partial charge in [0.2, 0.25) is 5.91 Å². The summed E-state index contributed by atoms with van der Waals surface area (Å²) in [6, 6.07) is -0.260. The Kier molecular flexibility index (Phi) is 4.65. The Hall–Kier alpha value is -1.14. The number of methoxy groups -OCH3 is 1. The van der Waals surface area contributed by atoms with Crippen molar-refractivity contribution in [2.24, 2.45) is 5.41 Å². The van der Waals surface area contributed by atoms with Crippen molar-refractivity contribution in [2.45, 2.75) is 44.8 Å². The van der Waals surface area contributed by atoms with Crippen LogP contribution in [-0.4, -0.2) is 60.9 Å². The largest absolute Gasteiger partial charge is 0.481 e. The molecule has 1 saturated heterocycles. The number of aliphatic carboxylic acids is 1. The Morgan fingerprint density at radius 3 is 2.60 bits per heavy atom. The van der Waals surface area contributed by atoms with E-state index in [2.05, 4.69) is 0 Å². The summed E-state index contributed by atoms with van der Waals surface area (Å²) in [5.74, 6) is -0.837. The van der Waals surface area contributed by atoms with Gasteiger partial charge in [-0.25, -0.2) is 0 Å². The maximum Gasteiger partial charge on any atom is 0.305 e. The fourth-order valence-corrected chi connectivity index (χ4v) is 2.86. The van der Waals surface area contributed by atoms with E-state index in [1.807, 2.05) is 6.92 Å². The molecule has 2 aliphatic rings. The zero-order valence-corrected chi connectivity index (χ0v) is 12.1. The van der Waals surface area contributed by atoms with E-state index in [-0.39, 0.29) is 24.5 Å². The number of nitrogens with zero attached hydrogens (tertiary/aromatic N) is 1. The van der Waals surface area contributed by atoms with Gasteiger partial charge in [0.1, 0.15) is 0 Å². The highest BCUT2D eigenvalue weighted by atomic mass is 16.5. The van der Waals surface area contributed by atoms with Crippen molar-refractivity contribution < 1.29 is 24.2 Å². The molecular weight excluding hydrogens is 262 g/mol. The predicted molar refractivity (Wildman–Crippen MR) is 71.3 cm³/mol. The Morgan fingerprint density at radius 2 is 2.10 bits per heavy atom. The molecule has 114 valence electrons. The molecule has 6 nitrogen and oxygen atoms in total. The molecule has 1 aliphatic carbocycles. The van der Waals surface area contributed by atoms with Gasteiger partial charge in [0.15, 0.2) is 0 Å². The topological polar surface area (TPSA) is 76.1 Å². The summed E-state index contributed by atoms with van der Waals surface area (Å²) in [4.78, 5) is 25.3. The third-order valence-corrected chi connectivity index (χ3v) is 4.27. The number of hydrogen-bond donors (Lipinski definition) is 1. The maximum absolute atomic E-state index is 12.7. The minimum atomic E-state index is -0.876. The molecule has 1 amide bonds. The standard InChI is InChI=1S/C14H23NO5/c1-3-20-9-14(4-5-14)13(18)15-8-11(19-2)6-10(15)7-12(16)17/h10-11H,3-9H2,1-2H3,(H,16,17). The van der Waals surface area contributed by atoms with Gasteiger partial charge in [-0.15, -0.1) is 0 Å². The minimum absolute atomic E-state index is 0.0175. The first-order valence-electron chi connectivity index (χ1n) is 7.16. The molecule has 1 N–H and O–H groups in total. The lowest BCUT2D eigenvalue weighted by Crippen LogP contribution is -2.43. The number of carboxylic acid groups (broad SMARTS) is 1. The van der Waals surface area contributed by atoms with Gasteiger partial charge in [0.05, 0.1) is 24.5 Å². The monoisotopic (exact) mass is 285 g/mol. The fraction of sp³-hybridized carbons (Fsp3) is 0.857. The molecule has 1 saturated carbocycles. The quantitative estimate of drug-likeness (QED) is 0.752. The highest BCUT2D eigenvalue weighted by molar-refractivity contribution is 5.86. The number of likely N-dealkylation sites (tertiary alicyclic amines) is 1. The highest BCUT2D eigenvalue weighted by Gasteiger charge is 2.54. The van der Waals surface area contributed by atoms with Crippen LogP contribution in [0.25, 0.3) is 0 Å². The molecule has 20 heavy (non-hydrogen) atoms. The van der Waals surface area contributed by atoms with Gasteiger partial charge in [0, 0.05) is 26.3 Å². The molecule has 0 bridgehead atoms. The van der Waals surface area contributed by atoms with Crippen molar-refractivity contribution >= 4 is 11.9 Å². The molecule has 1 heterocycles. The lowest BCUT2D eigenvalue weighted by Gasteiger charge is -2.28. The number of ether oxygens (including phenoxy) is 2. The van der Waals surface area contributed by atoms with Crippen LogP contribution in [0.4, 0.5) is 0 Å². The summed E-state index contributed by atoms with van der Waals surface area (Å²) in [6.45, 7) is 3.43. The molecule has 0 spiro atoms. The number of carbonyl (C=O) groups excluding carboxylic acids is 1. The van der Waals surface area contributed by atoms with Crippen molar-refractivity contribution in [3.63, 3.8) is 0 Å². The van der Waals surface area contributed by atoms with E-state index < -0.39 is 11.4 Å². The highest BCUT2D eigenvalue weighted by Crippen LogP contribution is 2.48. The van der Waals surface area contributed by atoms with E-state index in [4.69, 9.17) is 14.6 Å². The zero-order chi connectivity index (χ0) is 14.8. The summed E-state index contributed by atoms with van der Waals surface area (Å²) in [5, 5.41) is 8.99. The smallest absolute Gasteiger partial charge is 0.305 e. The lowest BCUT2D eigenvalue weighted by molar-refractivity contribution is -0.143. The number of hydrogen-bond acceptors (Lipinski definition) is 4. The first kappa shape index (κ1) is 15.3. The Bertz CT molecular complexity index is 380. The zero-order valence-electron chi connectivity index (χ0n) is 12.1. The van der Waals surface area contributed by atoms with E-state index in [1.54, 1.807) is 12.0 Å². The predicted octanol–water partition coefficient (Wildman–Crippen LogP) is 0.894. The van der Waals surface area contributed by atoms with Crippen LogP contribution in [0.5, 0.6) is 0 Å². The number of rotatable bonds is 7. The third kappa shape index (κ3) is 3.12. The summed E-state index contributed by atoms with van der Waals surface area (Å²) in [5.41, 5.74) is -0.407. The van der Waals surface area contributed by atoms with Crippen LogP contribution >= 0.6 is 0 Å². The molecule has 1 aliphatic heterocycles. The van der Waals surface area contributed by atoms with Gasteiger partial charge in [-0.05, 0) is 26.2 Å². The van der Waals surface area contributed by atoms with Crippen LogP contribution < -0.4 is 0 Å². The van der Waals surface area contributed by atoms with Crippen molar-refractivity contribution in [3.8, 4) is 0 Å². The van der Waals surface area contributed by atoms with Crippen molar-refractivity contribution in [1.82, 2.24) is 4.90 Å².